The molecule has 0 bridgehead atoms. The fourth-order valence-electron chi connectivity index (χ4n) is 0.552. The fraction of sp³-hybridized carbons (Fsp3) is 0.143. The molecule has 0 aliphatic carbocycles. The summed E-state index contributed by atoms with van der Waals surface area (Å²) >= 11 is 4.25. The summed E-state index contributed by atoms with van der Waals surface area (Å²) in [6.07, 6.45) is 2.94. The number of hydrogen-bond acceptors (Lipinski definition) is 3. The topological polar surface area (TPSA) is 39.2 Å². The van der Waals surface area contributed by atoms with E-state index in [0.717, 1.165) is 0 Å². The van der Waals surface area contributed by atoms with E-state index in [1.54, 1.807) is 6.07 Å². The average molecular weight is 281 g/mol. The Hall–Kier alpha value is -0.277. The predicted octanol–water partition coefficient (Wildman–Crippen LogP) is 1.51. The number of esters is 1. The van der Waals surface area contributed by atoms with Gasteiger partial charge in [-0.05, 0) is 12.4 Å². The Labute approximate surface area is 87.6 Å². The molecule has 0 unspecified atom stereocenters. The molecule has 5 heteroatoms. The monoisotopic (exact) mass is 279 g/mol. The summed E-state index contributed by atoms with van der Waals surface area (Å²) in [5.41, 5.74) is 0.400. The van der Waals surface area contributed by atoms with Crippen molar-refractivity contribution in [3.63, 3.8) is 0 Å². The molecular weight excluding hydrogens is 275 g/mol. The van der Waals surface area contributed by atoms with E-state index in [2.05, 4.69) is 29.4 Å². The van der Waals surface area contributed by atoms with Crippen LogP contribution in [-0.4, -0.2) is 18.1 Å². The van der Waals surface area contributed by atoms with E-state index in [1.165, 1.54) is 35.8 Å². The number of methoxy groups -OCH3 is 1. The van der Waals surface area contributed by atoms with Crippen molar-refractivity contribution >= 4 is 19.6 Å². The normalized spacial score (nSPS) is 8.00. The van der Waals surface area contributed by atoms with Crippen LogP contribution in [0.15, 0.2) is 18.5 Å². The maximum absolute atomic E-state index is 10.7. The number of carbonyl (C=O) groups excluding carboxylic acids is 1. The van der Waals surface area contributed by atoms with Gasteiger partial charge in [-0.1, -0.05) is 0 Å². The van der Waals surface area contributed by atoms with Crippen LogP contribution in [0.2, 0.25) is 0 Å². The van der Waals surface area contributed by atoms with Crippen LogP contribution in [0.4, 0.5) is 0 Å². The van der Waals surface area contributed by atoms with Crippen molar-refractivity contribution in [3.05, 3.63) is 30.1 Å². The molecule has 0 aliphatic heterocycles. The Kier molecular flexibility index (Phi) is 7.21. The van der Waals surface area contributed by atoms with Crippen molar-refractivity contribution in [2.45, 2.75) is 0 Å². The summed E-state index contributed by atoms with van der Waals surface area (Å²) < 4.78 is 4.44. The van der Waals surface area contributed by atoms with Crippen molar-refractivity contribution in [1.29, 1.82) is 0 Å². The molecule has 0 aliphatic rings. The van der Waals surface area contributed by atoms with E-state index < -0.39 is 0 Å². The van der Waals surface area contributed by atoms with Crippen LogP contribution in [0.3, 0.4) is 0 Å². The van der Waals surface area contributed by atoms with Gasteiger partial charge in [0.25, 0.3) is 0 Å². The van der Waals surface area contributed by atoms with E-state index in [4.69, 9.17) is 0 Å². The molecule has 0 spiro atoms. The molecule has 3 nitrogen and oxygen atoms in total. The molecule has 0 saturated carbocycles. The molecule has 0 amide bonds. The zero-order valence-corrected chi connectivity index (χ0v) is 11.1. The molecule has 1 heterocycles. The average Bonchev–Trinajstić information content (AvgIpc) is 2.21. The summed E-state index contributed by atoms with van der Waals surface area (Å²) in [5.74, 6) is -0.387. The second kappa shape index (κ2) is 7.38. The Morgan fingerprint density at radius 1 is 1.75 bits per heavy atom. The van der Waals surface area contributed by atoms with E-state index in [1.807, 2.05) is 0 Å². The van der Waals surface area contributed by atoms with Gasteiger partial charge in [0.1, 0.15) is 0 Å². The molecule has 1 aromatic rings. The van der Waals surface area contributed by atoms with E-state index in [9.17, 15) is 4.79 Å². The number of rotatable bonds is 1. The van der Waals surface area contributed by atoms with Gasteiger partial charge in [0.05, 0.1) is 7.11 Å². The van der Waals surface area contributed by atoms with Crippen molar-refractivity contribution in [1.82, 2.24) is 4.98 Å². The molecule has 12 heavy (non-hydrogen) atoms. The summed E-state index contributed by atoms with van der Waals surface area (Å²) in [7, 11) is 1.33. The van der Waals surface area contributed by atoms with Crippen LogP contribution in [0.25, 0.3) is 0 Å². The first kappa shape index (κ1) is 11.7. The standard InChI is InChI=1S/C7H6NO2.BrH.Zn/c1-10-7(9)6-2-4-8-5-3-6;;/h2,4-5H,1H3;1H;/q-1;;+2/p-1. The van der Waals surface area contributed by atoms with Crippen LogP contribution in [0.1, 0.15) is 10.4 Å². The van der Waals surface area contributed by atoms with Gasteiger partial charge in [0.15, 0.2) is 0 Å². The van der Waals surface area contributed by atoms with Gasteiger partial charge in [0.2, 0.25) is 5.97 Å². The minimum atomic E-state index is -0.387. The first-order chi connectivity index (χ1) is 5.84. The molecule has 0 N–H and O–H groups in total. The number of halogens is 1. The second-order valence-electron chi connectivity index (χ2n) is 1.64. The van der Waals surface area contributed by atoms with Crippen LogP contribution in [0, 0.1) is 6.07 Å². The predicted molar refractivity (Wildman–Crippen MR) is 43.3 cm³/mol. The molecule has 0 saturated heterocycles. The third-order valence-corrected chi connectivity index (χ3v) is 1.03. The molecule has 0 atom stereocenters. The minimum absolute atomic E-state index is 0.387. The van der Waals surface area contributed by atoms with Crippen molar-refractivity contribution in [2.24, 2.45) is 0 Å². The van der Waals surface area contributed by atoms with Gasteiger partial charge in [-0.25, -0.2) is 0 Å². The molecule has 60 valence electrons. The number of nitrogens with zero attached hydrogens (tertiary/aromatic N) is 1. The first-order valence-electron chi connectivity index (χ1n) is 3.01. The molecule has 0 fully saturated rings. The summed E-state index contributed by atoms with van der Waals surface area (Å²) in [6.45, 7) is 0. The van der Waals surface area contributed by atoms with Gasteiger partial charge in [-0.3, -0.25) is 4.98 Å². The zero-order chi connectivity index (χ0) is 9.40. The molecule has 0 aromatic carbocycles. The van der Waals surface area contributed by atoms with Gasteiger partial charge in [-0.15, -0.1) is 17.7 Å². The Balaban J connectivity index is 0.000000561. The van der Waals surface area contributed by atoms with Gasteiger partial charge in [0, 0.05) is 0 Å². The Morgan fingerprint density at radius 2 is 2.42 bits per heavy atom. The number of ether oxygens (including phenoxy) is 1. The SMILES string of the molecule is COC(=O)c1[c-]cncc1.[Zn+][Br]. The van der Waals surface area contributed by atoms with Crippen LogP contribution in [-0.2, 0) is 21.1 Å². The molecular formula is C7H6BrNO2Zn. The van der Waals surface area contributed by atoms with Crippen molar-refractivity contribution < 1.29 is 25.9 Å². The number of hydrogen-bond donors (Lipinski definition) is 0. The zero-order valence-electron chi connectivity index (χ0n) is 6.58. The Morgan fingerprint density at radius 3 is 2.83 bits per heavy atom. The van der Waals surface area contributed by atoms with E-state index in [-0.39, 0.29) is 5.97 Å². The van der Waals surface area contributed by atoms with Gasteiger partial charge < -0.3 is 9.53 Å². The maximum atomic E-state index is 10.7. The van der Waals surface area contributed by atoms with Crippen LogP contribution >= 0.6 is 13.6 Å². The van der Waals surface area contributed by atoms with Crippen molar-refractivity contribution in [3.8, 4) is 0 Å². The number of aromatic nitrogens is 1. The third kappa shape index (κ3) is 3.93. The summed E-state index contributed by atoms with van der Waals surface area (Å²) in [5, 5.41) is 0. The van der Waals surface area contributed by atoms with Crippen molar-refractivity contribution in [2.75, 3.05) is 7.11 Å². The summed E-state index contributed by atoms with van der Waals surface area (Å²) in [6, 6.07) is 4.18. The quantitative estimate of drug-likeness (QED) is 0.445. The summed E-state index contributed by atoms with van der Waals surface area (Å²) in [4.78, 5) is 14.4. The molecule has 1 aromatic heterocycles. The van der Waals surface area contributed by atoms with E-state index in [0.29, 0.717) is 5.56 Å². The fourth-order valence-corrected chi connectivity index (χ4v) is 0.552. The van der Waals surface area contributed by atoms with E-state index >= 15 is 0 Å². The molecule has 0 radical (unpaired) electrons. The second-order valence-corrected chi connectivity index (χ2v) is 1.64. The third-order valence-electron chi connectivity index (χ3n) is 1.03. The first-order valence-corrected chi connectivity index (χ1v) is 9.96. The van der Waals surface area contributed by atoms with Crippen LogP contribution < -0.4 is 0 Å². The Bertz CT molecular complexity index is 230. The van der Waals surface area contributed by atoms with Crippen LogP contribution in [0.5, 0.6) is 0 Å². The number of carbonyl (C=O) groups is 1. The van der Waals surface area contributed by atoms with Gasteiger partial charge >= 0.3 is 30.0 Å². The molecule has 1 rings (SSSR count). The van der Waals surface area contributed by atoms with Gasteiger partial charge in [-0.2, -0.15) is 0 Å². The number of pyridine rings is 1.